The Balaban J connectivity index is 1.20. The second-order valence-corrected chi connectivity index (χ2v) is 12.1. The van der Waals surface area contributed by atoms with Gasteiger partial charge in [-0.1, -0.05) is 127 Å². The number of anilines is 2. The topological polar surface area (TPSA) is 25.2 Å². The van der Waals surface area contributed by atoms with Gasteiger partial charge in [-0.05, 0) is 82.1 Å². The summed E-state index contributed by atoms with van der Waals surface area (Å²) in [5.74, 6) is 0. The monoisotopic (exact) mass is 577 g/mol. The van der Waals surface area contributed by atoms with Crippen LogP contribution in [0.15, 0.2) is 162 Å². The summed E-state index contributed by atoms with van der Waals surface area (Å²) in [6.45, 7) is 0. The minimum Gasteiger partial charge on any atom is -0.456 e. The molecule has 0 saturated carbocycles. The average Bonchev–Trinajstić information content (AvgIpc) is 3.64. The fraction of sp³-hybridized carbons (Fsp3) is 0.0698. The van der Waals surface area contributed by atoms with Gasteiger partial charge >= 0.3 is 0 Å². The Bertz CT molecular complexity index is 2240. The highest BCUT2D eigenvalue weighted by molar-refractivity contribution is 6.07. The van der Waals surface area contributed by atoms with Gasteiger partial charge in [0, 0.05) is 27.7 Å². The van der Waals surface area contributed by atoms with Crippen LogP contribution in [0.5, 0.6) is 0 Å². The molecule has 0 bridgehead atoms. The van der Waals surface area contributed by atoms with E-state index in [-0.39, 0.29) is 0 Å². The van der Waals surface area contributed by atoms with Crippen LogP contribution < -0.4 is 5.32 Å². The number of hydrogen-bond acceptors (Lipinski definition) is 2. The molecule has 0 atom stereocenters. The average molecular weight is 578 g/mol. The zero-order valence-electron chi connectivity index (χ0n) is 24.8. The first-order chi connectivity index (χ1) is 22.3. The third-order valence-electron chi connectivity index (χ3n) is 9.64. The van der Waals surface area contributed by atoms with Crippen LogP contribution in [0.1, 0.15) is 40.7 Å². The predicted molar refractivity (Wildman–Crippen MR) is 187 cm³/mol. The van der Waals surface area contributed by atoms with Crippen LogP contribution in [0.25, 0.3) is 38.6 Å². The number of benzene rings is 6. The molecule has 2 nitrogen and oxygen atoms in total. The zero-order chi connectivity index (χ0) is 29.8. The summed E-state index contributed by atoms with van der Waals surface area (Å²) in [5.41, 5.74) is 13.6. The van der Waals surface area contributed by atoms with E-state index in [0.29, 0.717) is 0 Å². The maximum atomic E-state index is 6.71. The molecular formula is C43H31NO. The second kappa shape index (κ2) is 10.2. The molecule has 0 aliphatic heterocycles. The van der Waals surface area contributed by atoms with Crippen LogP contribution >= 0.6 is 0 Å². The molecular weight excluding hydrogens is 546 g/mol. The zero-order valence-corrected chi connectivity index (χ0v) is 24.8. The first-order valence-electron chi connectivity index (χ1n) is 15.7. The molecule has 0 fully saturated rings. The molecule has 7 aromatic rings. The standard InChI is InChI=1S/C43H31NO/c1-2-11-29(12-3-1)30-21-25-32(26-22-30)44-33-27-23-31(24-28-33)43(38-17-7-4-13-34(38)35-14-5-8-18-39(35)43)40-19-10-16-37-36-15-6-9-20-41(36)45-42(37)40/h1-2,4-11,13-28,44H,3,12H2. The number of furan rings is 1. The van der Waals surface area contributed by atoms with Gasteiger partial charge in [-0.25, -0.2) is 0 Å². The highest BCUT2D eigenvalue weighted by Gasteiger charge is 2.47. The molecule has 0 unspecified atom stereocenters. The van der Waals surface area contributed by atoms with E-state index in [0.717, 1.165) is 51.7 Å². The molecule has 214 valence electrons. The highest BCUT2D eigenvalue weighted by Crippen LogP contribution is 2.57. The third kappa shape index (κ3) is 3.96. The maximum absolute atomic E-state index is 6.71. The van der Waals surface area contributed by atoms with Crippen molar-refractivity contribution in [1.29, 1.82) is 0 Å². The number of nitrogens with one attached hydrogen (secondary N) is 1. The van der Waals surface area contributed by atoms with Crippen LogP contribution in [0, 0.1) is 0 Å². The van der Waals surface area contributed by atoms with Gasteiger partial charge in [-0.2, -0.15) is 0 Å². The third-order valence-corrected chi connectivity index (χ3v) is 9.64. The molecule has 1 N–H and O–H groups in total. The molecule has 2 heteroatoms. The van der Waals surface area contributed by atoms with Gasteiger partial charge in [-0.15, -0.1) is 0 Å². The lowest BCUT2D eigenvalue weighted by Crippen LogP contribution is -2.28. The molecule has 0 spiro atoms. The van der Waals surface area contributed by atoms with E-state index >= 15 is 0 Å². The van der Waals surface area contributed by atoms with Gasteiger partial charge in [-0.3, -0.25) is 0 Å². The molecule has 0 radical (unpaired) electrons. The lowest BCUT2D eigenvalue weighted by Gasteiger charge is -2.34. The Hall–Kier alpha value is -5.60. The van der Waals surface area contributed by atoms with E-state index in [9.17, 15) is 0 Å². The Morgan fingerprint density at radius 1 is 0.556 bits per heavy atom. The van der Waals surface area contributed by atoms with Crippen LogP contribution in [-0.4, -0.2) is 0 Å². The first kappa shape index (κ1) is 25.9. The van der Waals surface area contributed by atoms with Crippen molar-refractivity contribution in [3.63, 3.8) is 0 Å². The highest BCUT2D eigenvalue weighted by atomic mass is 16.3. The number of rotatable bonds is 5. The molecule has 45 heavy (non-hydrogen) atoms. The fourth-order valence-electron chi connectivity index (χ4n) is 7.62. The summed E-state index contributed by atoms with van der Waals surface area (Å²) in [4.78, 5) is 0. The van der Waals surface area contributed by atoms with E-state index < -0.39 is 5.41 Å². The smallest absolute Gasteiger partial charge is 0.140 e. The molecule has 9 rings (SSSR count). The summed E-state index contributed by atoms with van der Waals surface area (Å²) in [6, 6.07) is 50.5. The molecule has 0 amide bonds. The molecule has 0 saturated heterocycles. The van der Waals surface area contributed by atoms with Crippen molar-refractivity contribution in [2.24, 2.45) is 0 Å². The van der Waals surface area contributed by atoms with Crippen molar-refractivity contribution >= 4 is 38.9 Å². The van der Waals surface area contributed by atoms with E-state index in [2.05, 4.69) is 157 Å². The lowest BCUT2D eigenvalue weighted by molar-refractivity contribution is 0.648. The SMILES string of the molecule is C1=CCCC(c2ccc(Nc3ccc(C4(c5cccc6c5oc5ccccc56)c5ccccc5-c5ccccc54)cc3)cc2)=C1. The number of hydrogen-bond donors (Lipinski definition) is 1. The Kier molecular flexibility index (Phi) is 5.89. The van der Waals surface area contributed by atoms with Crippen molar-refractivity contribution in [1.82, 2.24) is 0 Å². The summed E-state index contributed by atoms with van der Waals surface area (Å²) in [7, 11) is 0. The summed E-state index contributed by atoms with van der Waals surface area (Å²) in [5, 5.41) is 5.93. The van der Waals surface area contributed by atoms with Gasteiger partial charge in [0.2, 0.25) is 0 Å². The minimum absolute atomic E-state index is 0.539. The second-order valence-electron chi connectivity index (χ2n) is 12.1. The quantitative estimate of drug-likeness (QED) is 0.220. The molecule has 6 aromatic carbocycles. The Morgan fingerprint density at radius 2 is 1.18 bits per heavy atom. The Morgan fingerprint density at radius 3 is 1.89 bits per heavy atom. The summed E-state index contributed by atoms with van der Waals surface area (Å²) in [6.07, 6.45) is 8.83. The number of para-hydroxylation sites is 2. The van der Waals surface area contributed by atoms with Crippen molar-refractivity contribution < 1.29 is 4.42 Å². The van der Waals surface area contributed by atoms with E-state index in [1.165, 1.54) is 39.0 Å². The number of fused-ring (bicyclic) bond motifs is 6. The van der Waals surface area contributed by atoms with E-state index in [4.69, 9.17) is 4.42 Å². The van der Waals surface area contributed by atoms with Crippen LogP contribution in [0.3, 0.4) is 0 Å². The maximum Gasteiger partial charge on any atom is 0.140 e. The van der Waals surface area contributed by atoms with Crippen LogP contribution in [-0.2, 0) is 5.41 Å². The normalized spacial score (nSPS) is 14.7. The molecule has 2 aliphatic rings. The van der Waals surface area contributed by atoms with Crippen LogP contribution in [0.4, 0.5) is 11.4 Å². The van der Waals surface area contributed by atoms with Crippen molar-refractivity contribution in [2.75, 3.05) is 5.32 Å². The van der Waals surface area contributed by atoms with Gasteiger partial charge in [0.25, 0.3) is 0 Å². The minimum atomic E-state index is -0.539. The Labute approximate surface area is 263 Å². The predicted octanol–water partition coefficient (Wildman–Crippen LogP) is 11.4. The van der Waals surface area contributed by atoms with Gasteiger partial charge < -0.3 is 9.73 Å². The van der Waals surface area contributed by atoms with E-state index in [1.54, 1.807) is 0 Å². The summed E-state index contributed by atoms with van der Waals surface area (Å²) >= 11 is 0. The fourth-order valence-corrected chi connectivity index (χ4v) is 7.62. The first-order valence-corrected chi connectivity index (χ1v) is 15.7. The van der Waals surface area contributed by atoms with Crippen molar-refractivity contribution in [3.05, 3.63) is 186 Å². The largest absolute Gasteiger partial charge is 0.456 e. The number of allylic oxidation sites excluding steroid dienone is 4. The summed E-state index contributed by atoms with van der Waals surface area (Å²) < 4.78 is 6.71. The van der Waals surface area contributed by atoms with Crippen LogP contribution in [0.2, 0.25) is 0 Å². The van der Waals surface area contributed by atoms with Crippen molar-refractivity contribution in [3.8, 4) is 11.1 Å². The van der Waals surface area contributed by atoms with Gasteiger partial charge in [0.05, 0.1) is 5.41 Å². The van der Waals surface area contributed by atoms with E-state index in [1.807, 2.05) is 6.07 Å². The molecule has 2 aliphatic carbocycles. The molecule has 1 aromatic heterocycles. The van der Waals surface area contributed by atoms with Gasteiger partial charge in [0.1, 0.15) is 11.2 Å². The van der Waals surface area contributed by atoms with Crippen molar-refractivity contribution in [2.45, 2.75) is 18.3 Å². The van der Waals surface area contributed by atoms with Gasteiger partial charge in [0.15, 0.2) is 0 Å². The molecule has 1 heterocycles. The lowest BCUT2D eigenvalue weighted by atomic mass is 9.67.